The Hall–Kier alpha value is -1.64. The van der Waals surface area contributed by atoms with E-state index in [1.54, 1.807) is 0 Å². The lowest BCUT2D eigenvalue weighted by atomic mass is 10.2. The maximum Gasteiger partial charge on any atom is 0.306 e. The number of unbranched alkanes of at least 4 members (excludes halogenated alkanes) is 1. The molecule has 0 saturated carbocycles. The van der Waals surface area contributed by atoms with Crippen LogP contribution in [0, 0.1) is 0 Å². The summed E-state index contributed by atoms with van der Waals surface area (Å²) in [7, 11) is 0. The van der Waals surface area contributed by atoms with E-state index in [-0.39, 0.29) is 12.1 Å². The summed E-state index contributed by atoms with van der Waals surface area (Å²) in [5.74, 6) is -0.109. The van der Waals surface area contributed by atoms with Crippen LogP contribution in [0.25, 0.3) is 0 Å². The lowest BCUT2D eigenvalue weighted by Gasteiger charge is -2.13. The van der Waals surface area contributed by atoms with Crippen molar-refractivity contribution in [2.45, 2.75) is 52.6 Å². The van der Waals surface area contributed by atoms with Gasteiger partial charge in [0.1, 0.15) is 6.10 Å². The summed E-state index contributed by atoms with van der Waals surface area (Å²) in [6, 6.07) is 9.80. The van der Waals surface area contributed by atoms with Gasteiger partial charge in [-0.15, -0.1) is 0 Å². The van der Waals surface area contributed by atoms with E-state index in [0.717, 1.165) is 24.2 Å². The Bertz CT molecular complexity index is 412. The molecule has 1 unspecified atom stereocenters. The quantitative estimate of drug-likeness (QED) is 0.542. The molecule has 0 aliphatic rings. The van der Waals surface area contributed by atoms with Gasteiger partial charge >= 0.3 is 5.97 Å². The highest BCUT2D eigenvalue weighted by Gasteiger charge is 2.10. The maximum absolute atomic E-state index is 11.5. The van der Waals surface area contributed by atoms with Crippen molar-refractivity contribution in [3.63, 3.8) is 0 Å². The number of rotatable bonds is 7. The van der Waals surface area contributed by atoms with E-state index < -0.39 is 0 Å². The highest BCUT2D eigenvalue weighted by atomic mass is 16.5. The molecule has 1 aromatic rings. The molecule has 1 rings (SSSR count). The molecule has 0 saturated heterocycles. The number of nitrogens with zero attached hydrogens (tertiary/aromatic N) is 1. The summed E-state index contributed by atoms with van der Waals surface area (Å²) in [4.78, 5) is 16.0. The minimum atomic E-state index is -0.114. The highest BCUT2D eigenvalue weighted by Crippen LogP contribution is 2.12. The SMILES string of the molecule is CCCCC(=O)OC(C)CC(C)=Nc1ccccc1. The number of ether oxygens (including phenoxy) is 1. The Balaban J connectivity index is 2.41. The van der Waals surface area contributed by atoms with E-state index in [4.69, 9.17) is 4.74 Å². The molecule has 0 bridgehead atoms. The van der Waals surface area contributed by atoms with E-state index in [1.165, 1.54) is 0 Å². The Morgan fingerprint density at radius 1 is 1.32 bits per heavy atom. The molecule has 1 atom stereocenters. The molecule has 3 nitrogen and oxygen atoms in total. The first-order valence-corrected chi connectivity index (χ1v) is 6.90. The summed E-state index contributed by atoms with van der Waals surface area (Å²) < 4.78 is 5.34. The average molecular weight is 261 g/mol. The number of hydrogen-bond acceptors (Lipinski definition) is 3. The molecule has 0 amide bonds. The van der Waals surface area contributed by atoms with Gasteiger partial charge < -0.3 is 4.74 Å². The normalized spacial score (nSPS) is 13.1. The van der Waals surface area contributed by atoms with Gasteiger partial charge in [0.05, 0.1) is 5.69 Å². The molecule has 104 valence electrons. The van der Waals surface area contributed by atoms with Gasteiger partial charge in [-0.25, -0.2) is 0 Å². The van der Waals surface area contributed by atoms with Crippen LogP contribution in [0.4, 0.5) is 5.69 Å². The van der Waals surface area contributed by atoms with E-state index in [2.05, 4.69) is 11.9 Å². The van der Waals surface area contributed by atoms with Crippen molar-refractivity contribution in [2.24, 2.45) is 4.99 Å². The predicted octanol–water partition coefficient (Wildman–Crippen LogP) is 4.29. The molecular weight excluding hydrogens is 238 g/mol. The Morgan fingerprint density at radius 3 is 2.63 bits per heavy atom. The van der Waals surface area contributed by atoms with Crippen LogP contribution in [0.1, 0.15) is 46.5 Å². The zero-order valence-electron chi connectivity index (χ0n) is 12.1. The number of aliphatic imine (C=N–C) groups is 1. The number of benzene rings is 1. The summed E-state index contributed by atoms with van der Waals surface area (Å²) >= 11 is 0. The third-order valence-electron chi connectivity index (χ3n) is 2.73. The first kappa shape index (κ1) is 15.4. The minimum Gasteiger partial charge on any atom is -0.462 e. The Morgan fingerprint density at radius 2 is 2.00 bits per heavy atom. The fraction of sp³-hybridized carbons (Fsp3) is 0.500. The van der Waals surface area contributed by atoms with E-state index in [1.807, 2.05) is 44.2 Å². The number of carbonyl (C=O) groups is 1. The van der Waals surface area contributed by atoms with Crippen LogP contribution >= 0.6 is 0 Å². The molecule has 0 spiro atoms. The number of carbonyl (C=O) groups excluding carboxylic acids is 1. The van der Waals surface area contributed by atoms with Gasteiger partial charge in [-0.05, 0) is 32.4 Å². The van der Waals surface area contributed by atoms with E-state index in [0.29, 0.717) is 12.8 Å². The molecule has 0 fully saturated rings. The third-order valence-corrected chi connectivity index (χ3v) is 2.73. The lowest BCUT2D eigenvalue weighted by Crippen LogP contribution is -2.17. The largest absolute Gasteiger partial charge is 0.462 e. The Kier molecular flexibility index (Phi) is 6.86. The molecule has 0 aromatic heterocycles. The maximum atomic E-state index is 11.5. The zero-order valence-corrected chi connectivity index (χ0v) is 12.1. The predicted molar refractivity (Wildman–Crippen MR) is 78.9 cm³/mol. The van der Waals surface area contributed by atoms with Crippen molar-refractivity contribution in [3.05, 3.63) is 30.3 Å². The highest BCUT2D eigenvalue weighted by molar-refractivity contribution is 5.85. The monoisotopic (exact) mass is 261 g/mol. The summed E-state index contributed by atoms with van der Waals surface area (Å²) in [6.07, 6.45) is 2.97. The number of hydrogen-bond donors (Lipinski definition) is 0. The van der Waals surface area contributed by atoms with Crippen molar-refractivity contribution in [1.29, 1.82) is 0 Å². The molecule has 0 heterocycles. The lowest BCUT2D eigenvalue weighted by molar-refractivity contribution is -0.147. The number of para-hydroxylation sites is 1. The van der Waals surface area contributed by atoms with Crippen molar-refractivity contribution in [1.82, 2.24) is 0 Å². The third kappa shape index (κ3) is 6.75. The van der Waals surface area contributed by atoms with Gasteiger partial charge in [0.2, 0.25) is 0 Å². The molecule has 19 heavy (non-hydrogen) atoms. The van der Waals surface area contributed by atoms with Crippen LogP contribution in [0.15, 0.2) is 35.3 Å². The summed E-state index contributed by atoms with van der Waals surface area (Å²) in [5.41, 5.74) is 1.91. The fourth-order valence-corrected chi connectivity index (χ4v) is 1.83. The fourth-order valence-electron chi connectivity index (χ4n) is 1.83. The molecule has 0 aliphatic carbocycles. The second-order valence-corrected chi connectivity index (χ2v) is 4.79. The first-order chi connectivity index (χ1) is 9.11. The molecule has 0 aliphatic heterocycles. The van der Waals surface area contributed by atoms with Gasteiger partial charge in [0.15, 0.2) is 0 Å². The first-order valence-electron chi connectivity index (χ1n) is 6.90. The molecule has 1 aromatic carbocycles. The van der Waals surface area contributed by atoms with E-state index in [9.17, 15) is 4.79 Å². The molecule has 0 N–H and O–H groups in total. The standard InChI is InChI=1S/C16H23NO2/c1-4-5-11-16(18)19-14(3)12-13(2)17-15-9-7-6-8-10-15/h6-10,14H,4-5,11-12H2,1-3H3. The second kappa shape index (κ2) is 8.46. The average Bonchev–Trinajstić information content (AvgIpc) is 2.37. The van der Waals surface area contributed by atoms with Crippen molar-refractivity contribution in [3.8, 4) is 0 Å². The van der Waals surface area contributed by atoms with Crippen LogP contribution in [-0.4, -0.2) is 17.8 Å². The van der Waals surface area contributed by atoms with Crippen LogP contribution < -0.4 is 0 Å². The summed E-state index contributed by atoms with van der Waals surface area (Å²) in [5, 5.41) is 0. The van der Waals surface area contributed by atoms with Gasteiger partial charge in [-0.3, -0.25) is 9.79 Å². The van der Waals surface area contributed by atoms with E-state index >= 15 is 0 Å². The molecule has 3 heteroatoms. The van der Waals surface area contributed by atoms with Crippen molar-refractivity contribution < 1.29 is 9.53 Å². The van der Waals surface area contributed by atoms with Crippen LogP contribution in [0.3, 0.4) is 0 Å². The van der Waals surface area contributed by atoms with Gasteiger partial charge in [-0.2, -0.15) is 0 Å². The summed E-state index contributed by atoms with van der Waals surface area (Å²) in [6.45, 7) is 5.94. The van der Waals surface area contributed by atoms with Crippen molar-refractivity contribution >= 4 is 17.4 Å². The molecular formula is C16H23NO2. The smallest absolute Gasteiger partial charge is 0.306 e. The second-order valence-electron chi connectivity index (χ2n) is 4.79. The minimum absolute atomic E-state index is 0.109. The van der Waals surface area contributed by atoms with Gasteiger partial charge in [0.25, 0.3) is 0 Å². The van der Waals surface area contributed by atoms with Crippen LogP contribution in [-0.2, 0) is 9.53 Å². The number of esters is 1. The topological polar surface area (TPSA) is 38.7 Å². The zero-order chi connectivity index (χ0) is 14.1. The van der Waals surface area contributed by atoms with Crippen LogP contribution in [0.2, 0.25) is 0 Å². The van der Waals surface area contributed by atoms with Gasteiger partial charge in [-0.1, -0.05) is 31.5 Å². The van der Waals surface area contributed by atoms with Crippen molar-refractivity contribution in [2.75, 3.05) is 0 Å². The van der Waals surface area contributed by atoms with Crippen LogP contribution in [0.5, 0.6) is 0 Å². The molecule has 0 radical (unpaired) electrons. The Labute approximate surface area is 115 Å². The van der Waals surface area contributed by atoms with Gasteiger partial charge in [0, 0.05) is 18.6 Å².